The van der Waals surface area contributed by atoms with E-state index in [0.717, 1.165) is 24.0 Å². The van der Waals surface area contributed by atoms with Crippen molar-refractivity contribution < 1.29 is 13.9 Å². The second-order valence-corrected chi connectivity index (χ2v) is 7.71. The van der Waals surface area contributed by atoms with Crippen LogP contribution in [0.4, 0.5) is 0 Å². The summed E-state index contributed by atoms with van der Waals surface area (Å²) in [6.07, 6.45) is 1.78. The fourth-order valence-corrected chi connectivity index (χ4v) is 4.00. The maximum absolute atomic E-state index is 13.4. The van der Waals surface area contributed by atoms with E-state index in [4.69, 9.17) is 20.8 Å². The van der Waals surface area contributed by atoms with Crippen molar-refractivity contribution in [3.8, 4) is 5.75 Å². The molecule has 2 heterocycles. The highest BCUT2D eigenvalue weighted by Crippen LogP contribution is 2.39. The summed E-state index contributed by atoms with van der Waals surface area (Å²) in [6, 6.07) is 10.3. The Balaban J connectivity index is 1.95. The summed E-state index contributed by atoms with van der Waals surface area (Å²) < 4.78 is 11.2. The fraction of sp³-hybridized carbons (Fsp3) is 0.304. The molecule has 1 aliphatic rings. The van der Waals surface area contributed by atoms with Crippen LogP contribution in [0.25, 0.3) is 11.0 Å². The molecule has 3 aromatic rings. The predicted octanol–water partition coefficient (Wildman–Crippen LogP) is 5.11. The Labute approximate surface area is 173 Å². The van der Waals surface area contributed by atoms with Crippen LogP contribution in [0.2, 0.25) is 5.02 Å². The molecule has 4 rings (SSSR count). The van der Waals surface area contributed by atoms with Gasteiger partial charge in [0.1, 0.15) is 11.3 Å². The topological polar surface area (TPSA) is 59.8 Å². The van der Waals surface area contributed by atoms with Crippen molar-refractivity contribution in [1.82, 2.24) is 4.90 Å². The number of hydrogen-bond acceptors (Lipinski definition) is 4. The number of ether oxygens (including phenoxy) is 1. The Kier molecular flexibility index (Phi) is 5.09. The van der Waals surface area contributed by atoms with Gasteiger partial charge in [0.2, 0.25) is 5.76 Å². The van der Waals surface area contributed by atoms with Gasteiger partial charge in [-0.15, -0.1) is 0 Å². The van der Waals surface area contributed by atoms with Crippen LogP contribution in [0.1, 0.15) is 53.1 Å². The van der Waals surface area contributed by atoms with Gasteiger partial charge in [-0.25, -0.2) is 0 Å². The molecule has 1 unspecified atom stereocenters. The molecule has 2 aromatic carbocycles. The molecular formula is C23H22ClNO4. The SMILES string of the molecule is CCCCN1C(=O)c2oc3cc(C)c(Cl)cc3c(=O)c2C1c1ccc(OC)cc1. The van der Waals surface area contributed by atoms with Crippen LogP contribution in [0.5, 0.6) is 5.75 Å². The molecule has 1 amide bonds. The van der Waals surface area contributed by atoms with Crippen molar-refractivity contribution in [2.24, 2.45) is 0 Å². The summed E-state index contributed by atoms with van der Waals surface area (Å²) in [5.41, 5.74) is 2.19. The van der Waals surface area contributed by atoms with E-state index < -0.39 is 6.04 Å². The second-order valence-electron chi connectivity index (χ2n) is 7.30. The first-order chi connectivity index (χ1) is 14.0. The average Bonchev–Trinajstić information content (AvgIpc) is 3.00. The van der Waals surface area contributed by atoms with Crippen LogP contribution in [0, 0.1) is 6.92 Å². The lowest BCUT2D eigenvalue weighted by Crippen LogP contribution is -2.30. The minimum atomic E-state index is -0.490. The van der Waals surface area contributed by atoms with E-state index in [1.165, 1.54) is 0 Å². The van der Waals surface area contributed by atoms with E-state index in [-0.39, 0.29) is 17.1 Å². The van der Waals surface area contributed by atoms with Crippen molar-refractivity contribution in [3.05, 3.63) is 74.1 Å². The Morgan fingerprint density at radius 1 is 1.17 bits per heavy atom. The number of unbranched alkanes of at least 4 members (excludes halogenated alkanes) is 1. The van der Waals surface area contributed by atoms with Crippen LogP contribution >= 0.6 is 11.6 Å². The van der Waals surface area contributed by atoms with E-state index in [1.807, 2.05) is 31.2 Å². The third-order valence-corrected chi connectivity index (χ3v) is 5.84. The standard InChI is InChI=1S/C23H22ClNO4/c1-4-5-10-25-20(14-6-8-15(28-3)9-7-14)19-21(26)16-12-17(24)13(2)11-18(16)29-22(19)23(25)27/h6-9,11-12,20H,4-5,10H2,1-3H3. The molecule has 0 saturated carbocycles. The van der Waals surface area contributed by atoms with Crippen molar-refractivity contribution in [1.29, 1.82) is 0 Å². The summed E-state index contributed by atoms with van der Waals surface area (Å²) in [5.74, 6) is 0.591. The van der Waals surface area contributed by atoms with Gasteiger partial charge < -0.3 is 14.1 Å². The van der Waals surface area contributed by atoms with Crippen LogP contribution in [-0.4, -0.2) is 24.5 Å². The van der Waals surface area contributed by atoms with Gasteiger partial charge in [0.05, 0.1) is 24.1 Å². The molecule has 0 fully saturated rings. The minimum absolute atomic E-state index is 0.126. The number of nitrogens with zero attached hydrogens (tertiary/aromatic N) is 1. The molecule has 0 N–H and O–H groups in total. The molecule has 0 aliphatic carbocycles. The monoisotopic (exact) mass is 411 g/mol. The third-order valence-electron chi connectivity index (χ3n) is 5.43. The number of benzene rings is 2. The summed E-state index contributed by atoms with van der Waals surface area (Å²) >= 11 is 6.25. The third kappa shape index (κ3) is 3.19. The molecule has 1 aromatic heterocycles. The van der Waals surface area contributed by atoms with Gasteiger partial charge in [-0.1, -0.05) is 37.1 Å². The first kappa shape index (κ1) is 19.5. The molecule has 0 bridgehead atoms. The number of methoxy groups -OCH3 is 1. The maximum atomic E-state index is 13.4. The first-order valence-corrected chi connectivity index (χ1v) is 10.1. The smallest absolute Gasteiger partial charge is 0.290 e. The quantitative estimate of drug-likeness (QED) is 0.585. The van der Waals surface area contributed by atoms with Crippen molar-refractivity contribution in [2.45, 2.75) is 32.7 Å². The van der Waals surface area contributed by atoms with Crippen LogP contribution < -0.4 is 10.2 Å². The van der Waals surface area contributed by atoms with Gasteiger partial charge >= 0.3 is 0 Å². The molecule has 0 radical (unpaired) electrons. The summed E-state index contributed by atoms with van der Waals surface area (Å²) in [7, 11) is 1.60. The van der Waals surface area contributed by atoms with Gasteiger partial charge in [0.25, 0.3) is 5.91 Å². The van der Waals surface area contributed by atoms with Crippen LogP contribution in [-0.2, 0) is 0 Å². The summed E-state index contributed by atoms with van der Waals surface area (Å²) in [5, 5.41) is 0.890. The van der Waals surface area contributed by atoms with Crippen molar-refractivity contribution >= 4 is 28.5 Å². The lowest BCUT2D eigenvalue weighted by molar-refractivity contribution is 0.0725. The normalized spacial score (nSPS) is 15.8. The zero-order valence-corrected chi connectivity index (χ0v) is 17.4. The zero-order valence-electron chi connectivity index (χ0n) is 16.6. The zero-order chi connectivity index (χ0) is 20.7. The Morgan fingerprint density at radius 3 is 2.55 bits per heavy atom. The highest BCUT2D eigenvalue weighted by Gasteiger charge is 2.42. The molecule has 5 nitrogen and oxygen atoms in total. The number of amides is 1. The van der Waals surface area contributed by atoms with Crippen molar-refractivity contribution in [3.63, 3.8) is 0 Å². The number of aryl methyl sites for hydroxylation is 1. The largest absolute Gasteiger partial charge is 0.497 e. The van der Waals surface area contributed by atoms with Crippen LogP contribution in [0.3, 0.4) is 0 Å². The van der Waals surface area contributed by atoms with Gasteiger partial charge in [0.15, 0.2) is 5.43 Å². The highest BCUT2D eigenvalue weighted by molar-refractivity contribution is 6.32. The minimum Gasteiger partial charge on any atom is -0.497 e. The molecule has 150 valence electrons. The average molecular weight is 412 g/mol. The number of carbonyl (C=O) groups excluding carboxylic acids is 1. The van der Waals surface area contributed by atoms with E-state index in [0.29, 0.717) is 33.8 Å². The highest BCUT2D eigenvalue weighted by atomic mass is 35.5. The lowest BCUT2D eigenvalue weighted by Gasteiger charge is -2.25. The lowest BCUT2D eigenvalue weighted by atomic mass is 9.98. The summed E-state index contributed by atoms with van der Waals surface area (Å²) in [6.45, 7) is 4.45. The number of carbonyl (C=O) groups is 1. The van der Waals surface area contributed by atoms with Crippen LogP contribution in [0.15, 0.2) is 45.6 Å². The first-order valence-electron chi connectivity index (χ1n) is 9.68. The van der Waals surface area contributed by atoms with Gasteiger partial charge in [-0.3, -0.25) is 9.59 Å². The van der Waals surface area contributed by atoms with E-state index in [1.54, 1.807) is 24.1 Å². The predicted molar refractivity (Wildman–Crippen MR) is 113 cm³/mol. The number of hydrogen-bond donors (Lipinski definition) is 0. The molecule has 0 spiro atoms. The molecule has 29 heavy (non-hydrogen) atoms. The number of halogens is 1. The van der Waals surface area contributed by atoms with Gasteiger partial charge in [-0.05, 0) is 48.7 Å². The van der Waals surface area contributed by atoms with Crippen molar-refractivity contribution in [2.75, 3.05) is 13.7 Å². The van der Waals surface area contributed by atoms with E-state index >= 15 is 0 Å². The molecule has 0 saturated heterocycles. The molecular weight excluding hydrogens is 390 g/mol. The Hall–Kier alpha value is -2.79. The maximum Gasteiger partial charge on any atom is 0.290 e. The Bertz CT molecular complexity index is 1150. The molecule has 1 atom stereocenters. The van der Waals surface area contributed by atoms with E-state index in [2.05, 4.69) is 6.92 Å². The van der Waals surface area contributed by atoms with E-state index in [9.17, 15) is 9.59 Å². The van der Waals surface area contributed by atoms with Gasteiger partial charge in [0, 0.05) is 11.6 Å². The molecule has 6 heteroatoms. The second kappa shape index (κ2) is 7.56. The molecule has 1 aliphatic heterocycles. The Morgan fingerprint density at radius 2 is 1.90 bits per heavy atom. The fourth-order valence-electron chi connectivity index (χ4n) is 3.83. The summed E-state index contributed by atoms with van der Waals surface area (Å²) in [4.78, 5) is 28.4. The van der Waals surface area contributed by atoms with Gasteiger partial charge in [-0.2, -0.15) is 0 Å². The number of fused-ring (bicyclic) bond motifs is 2. The number of rotatable bonds is 5.